The van der Waals surface area contributed by atoms with Crippen LogP contribution in [0.4, 0.5) is 0 Å². The molecule has 172 valence electrons. The van der Waals surface area contributed by atoms with Crippen molar-refractivity contribution in [2.24, 2.45) is 17.8 Å². The van der Waals surface area contributed by atoms with E-state index in [0.29, 0.717) is 31.1 Å². The monoisotopic (exact) mass is 450 g/mol. The van der Waals surface area contributed by atoms with Crippen LogP contribution in [-0.4, -0.2) is 63.8 Å². The zero-order valence-electron chi connectivity index (χ0n) is 18.0. The maximum atomic E-state index is 11.2. The molecule has 1 aromatic carbocycles. The molecule has 0 amide bonds. The van der Waals surface area contributed by atoms with E-state index in [4.69, 9.17) is 9.47 Å². The Morgan fingerprint density at radius 3 is 2.81 bits per heavy atom. The van der Waals surface area contributed by atoms with Crippen LogP contribution in [-0.2, 0) is 9.53 Å². The highest BCUT2D eigenvalue weighted by Crippen LogP contribution is 2.42. The Hall–Kier alpha value is -1.54. The number of benzene rings is 1. The van der Waals surface area contributed by atoms with Gasteiger partial charge in [0.05, 0.1) is 18.8 Å². The Kier molecular flexibility index (Phi) is 9.26. The number of thioether (sulfide) groups is 1. The third-order valence-corrected chi connectivity index (χ3v) is 7.84. The normalized spacial score (nSPS) is 30.5. The molecule has 7 atom stereocenters. The largest absolute Gasteiger partial charge is 0.491 e. The maximum absolute atomic E-state index is 11.2. The van der Waals surface area contributed by atoms with Gasteiger partial charge >= 0.3 is 5.97 Å². The average Bonchev–Trinajstić information content (AvgIpc) is 2.93. The van der Waals surface area contributed by atoms with Gasteiger partial charge in [0.25, 0.3) is 0 Å². The lowest BCUT2D eigenvalue weighted by Crippen LogP contribution is -2.22. The summed E-state index contributed by atoms with van der Waals surface area (Å²) in [4.78, 5) is 11.2. The number of aliphatic carboxylic acids is 1. The van der Waals surface area contributed by atoms with Gasteiger partial charge in [-0.3, -0.25) is 4.79 Å². The highest BCUT2D eigenvalue weighted by molar-refractivity contribution is 8.00. The maximum Gasteiger partial charge on any atom is 0.316 e. The first kappa shape index (κ1) is 24.1. The quantitative estimate of drug-likeness (QED) is 0.470. The Morgan fingerprint density at radius 1 is 1.32 bits per heavy atom. The van der Waals surface area contributed by atoms with E-state index in [-0.39, 0.29) is 29.8 Å². The molecule has 0 spiro atoms. The summed E-state index contributed by atoms with van der Waals surface area (Å²) in [6.07, 6.45) is 5.54. The van der Waals surface area contributed by atoms with Crippen LogP contribution in [0.5, 0.6) is 5.75 Å². The van der Waals surface area contributed by atoms with Crippen LogP contribution in [0.3, 0.4) is 0 Å². The molecule has 2 aliphatic rings. The van der Waals surface area contributed by atoms with E-state index in [1.165, 1.54) is 11.8 Å². The SMILES string of the molecule is CCC(SC[C@H]1CC[C@@H]2[C@@H](C=C[C@@H](O)COc3ccccc3)[C@H](O)C[C@@H]2OC1)C(=O)O. The standard InChI is InChI=1S/C24H34O6S/c1-2-23(24(27)28)31-15-16-8-10-20-19(21(26)12-22(20)30-13-16)11-9-17(25)14-29-18-6-4-3-5-7-18/h3-7,9,11,16-17,19-23,25-26H,2,8,10,12-15H2,1H3,(H,27,28)/t16-,17+,19+,20+,21+,22-,23?/m0/s1. The van der Waals surface area contributed by atoms with Crippen molar-refractivity contribution in [3.05, 3.63) is 42.5 Å². The number of carboxylic acid groups (broad SMARTS) is 1. The number of hydrogen-bond donors (Lipinski definition) is 3. The first-order valence-electron chi connectivity index (χ1n) is 11.2. The molecule has 6 nitrogen and oxygen atoms in total. The first-order valence-corrected chi connectivity index (χ1v) is 12.2. The molecule has 1 heterocycles. The second-order valence-corrected chi connectivity index (χ2v) is 9.74. The van der Waals surface area contributed by atoms with E-state index in [0.717, 1.165) is 18.6 Å². The Bertz CT molecular complexity index is 711. The number of ether oxygens (including phenoxy) is 2. The minimum Gasteiger partial charge on any atom is -0.491 e. The molecule has 1 aromatic rings. The fourth-order valence-electron chi connectivity index (χ4n) is 4.47. The zero-order chi connectivity index (χ0) is 22.2. The van der Waals surface area contributed by atoms with Gasteiger partial charge in [-0.25, -0.2) is 0 Å². The summed E-state index contributed by atoms with van der Waals surface area (Å²) in [6.45, 7) is 2.67. The number of aliphatic hydroxyl groups is 2. The van der Waals surface area contributed by atoms with Gasteiger partial charge in [-0.2, -0.15) is 0 Å². The van der Waals surface area contributed by atoms with Crippen molar-refractivity contribution >= 4 is 17.7 Å². The van der Waals surface area contributed by atoms with E-state index in [9.17, 15) is 20.1 Å². The van der Waals surface area contributed by atoms with E-state index >= 15 is 0 Å². The molecule has 3 N–H and O–H groups in total. The number of aliphatic hydroxyl groups excluding tert-OH is 2. The van der Waals surface area contributed by atoms with Gasteiger partial charge < -0.3 is 24.8 Å². The smallest absolute Gasteiger partial charge is 0.316 e. The molecular formula is C24H34O6S. The fraction of sp³-hybridized carbons (Fsp3) is 0.625. The summed E-state index contributed by atoms with van der Waals surface area (Å²) in [7, 11) is 0. The number of para-hydroxylation sites is 1. The Labute approximate surface area is 188 Å². The number of fused-ring (bicyclic) bond motifs is 1. The Morgan fingerprint density at radius 2 is 2.10 bits per heavy atom. The van der Waals surface area contributed by atoms with E-state index < -0.39 is 18.2 Å². The van der Waals surface area contributed by atoms with Gasteiger partial charge in [0, 0.05) is 12.3 Å². The van der Waals surface area contributed by atoms with Gasteiger partial charge in [0.1, 0.15) is 23.7 Å². The molecule has 7 heteroatoms. The topological polar surface area (TPSA) is 96.2 Å². The average molecular weight is 451 g/mol. The minimum absolute atomic E-state index is 0.0128. The van der Waals surface area contributed by atoms with Crippen LogP contribution in [0.15, 0.2) is 42.5 Å². The lowest BCUT2D eigenvalue weighted by molar-refractivity contribution is -0.136. The highest BCUT2D eigenvalue weighted by Gasteiger charge is 2.43. The van der Waals surface area contributed by atoms with Crippen molar-refractivity contribution in [2.75, 3.05) is 19.0 Å². The van der Waals surface area contributed by atoms with Gasteiger partial charge in [0.2, 0.25) is 0 Å². The highest BCUT2D eigenvalue weighted by atomic mass is 32.2. The van der Waals surface area contributed by atoms with Crippen molar-refractivity contribution in [3.8, 4) is 5.75 Å². The second kappa shape index (κ2) is 11.9. The lowest BCUT2D eigenvalue weighted by Gasteiger charge is -2.21. The fourth-order valence-corrected chi connectivity index (χ4v) is 5.62. The van der Waals surface area contributed by atoms with E-state index in [1.807, 2.05) is 43.3 Å². The van der Waals surface area contributed by atoms with Crippen LogP contribution in [0, 0.1) is 17.8 Å². The molecular weight excluding hydrogens is 416 g/mol. The first-order chi connectivity index (χ1) is 15.0. The van der Waals surface area contributed by atoms with E-state index in [2.05, 4.69) is 0 Å². The summed E-state index contributed by atoms with van der Waals surface area (Å²) < 4.78 is 11.7. The van der Waals surface area contributed by atoms with Crippen molar-refractivity contribution in [1.29, 1.82) is 0 Å². The van der Waals surface area contributed by atoms with Gasteiger partial charge in [-0.05, 0) is 49.0 Å². The predicted molar refractivity (Wildman–Crippen MR) is 121 cm³/mol. The van der Waals surface area contributed by atoms with Crippen LogP contribution >= 0.6 is 11.8 Å². The summed E-state index contributed by atoms with van der Waals surface area (Å²) in [5, 5.41) is 29.7. The third-order valence-electron chi connectivity index (χ3n) is 6.24. The second-order valence-electron chi connectivity index (χ2n) is 8.50. The van der Waals surface area contributed by atoms with Crippen LogP contribution in [0.1, 0.15) is 32.6 Å². The summed E-state index contributed by atoms with van der Waals surface area (Å²) in [6, 6.07) is 9.37. The summed E-state index contributed by atoms with van der Waals surface area (Å²) >= 11 is 1.50. The van der Waals surface area contributed by atoms with Gasteiger partial charge in [0.15, 0.2) is 0 Å². The lowest BCUT2D eigenvalue weighted by atomic mass is 9.87. The number of rotatable bonds is 10. The molecule has 1 aliphatic carbocycles. The van der Waals surface area contributed by atoms with Crippen molar-refractivity contribution in [3.63, 3.8) is 0 Å². The Balaban J connectivity index is 1.49. The summed E-state index contributed by atoms with van der Waals surface area (Å²) in [5.74, 6) is 1.24. The summed E-state index contributed by atoms with van der Waals surface area (Å²) in [5.41, 5.74) is 0. The molecule has 1 unspecified atom stereocenters. The van der Waals surface area contributed by atoms with Crippen molar-refractivity contribution < 1.29 is 29.6 Å². The number of carboxylic acids is 1. The zero-order valence-corrected chi connectivity index (χ0v) is 18.8. The number of carbonyl (C=O) groups is 1. The molecule has 0 radical (unpaired) electrons. The molecule has 3 rings (SSSR count). The van der Waals surface area contributed by atoms with E-state index in [1.54, 1.807) is 6.08 Å². The third kappa shape index (κ3) is 6.97. The van der Waals surface area contributed by atoms with Gasteiger partial charge in [-0.1, -0.05) is 37.3 Å². The number of hydrogen-bond acceptors (Lipinski definition) is 6. The molecule has 1 aliphatic heterocycles. The van der Waals surface area contributed by atoms with Crippen LogP contribution in [0.2, 0.25) is 0 Å². The van der Waals surface area contributed by atoms with Crippen LogP contribution in [0.25, 0.3) is 0 Å². The predicted octanol–water partition coefficient (Wildman–Crippen LogP) is 3.37. The molecule has 31 heavy (non-hydrogen) atoms. The molecule has 2 fully saturated rings. The molecule has 0 aromatic heterocycles. The van der Waals surface area contributed by atoms with Crippen molar-refractivity contribution in [2.45, 2.75) is 56.2 Å². The van der Waals surface area contributed by atoms with Crippen LogP contribution < -0.4 is 4.74 Å². The molecule has 1 saturated heterocycles. The minimum atomic E-state index is -0.748. The van der Waals surface area contributed by atoms with Crippen molar-refractivity contribution in [1.82, 2.24) is 0 Å². The molecule has 1 saturated carbocycles. The molecule has 0 bridgehead atoms. The van der Waals surface area contributed by atoms with Gasteiger partial charge in [-0.15, -0.1) is 11.8 Å².